The third-order valence-electron chi connectivity index (χ3n) is 3.79. The Morgan fingerprint density at radius 1 is 1.29 bits per heavy atom. The molecule has 0 radical (unpaired) electrons. The van der Waals surface area contributed by atoms with E-state index in [1.807, 2.05) is 18.2 Å². The van der Waals surface area contributed by atoms with E-state index >= 15 is 0 Å². The van der Waals surface area contributed by atoms with Crippen molar-refractivity contribution in [2.75, 3.05) is 7.05 Å². The van der Waals surface area contributed by atoms with Gasteiger partial charge in [0.25, 0.3) is 0 Å². The molecule has 1 atom stereocenters. The van der Waals surface area contributed by atoms with Crippen LogP contribution in [0.4, 0.5) is 0 Å². The largest absolute Gasteiger partial charge is 0.475 e. The smallest absolute Gasteiger partial charge is 0.371 e. The molecule has 0 saturated heterocycles. The molecule has 2 aromatic rings. The molecule has 0 fully saturated rings. The number of carbonyl (C=O) groups is 1. The summed E-state index contributed by atoms with van der Waals surface area (Å²) in [5, 5.41) is 9.80. The van der Waals surface area contributed by atoms with Gasteiger partial charge in [-0.2, -0.15) is 0 Å². The Kier molecular flexibility index (Phi) is 4.68. The summed E-state index contributed by atoms with van der Waals surface area (Å²) in [6.07, 6.45) is 1.16. The number of nitrogens with zero attached hydrogens (tertiary/aromatic N) is 1. The number of hydrogen-bond acceptors (Lipinski definition) is 3. The number of carboxylic acid groups (broad SMARTS) is 1. The lowest BCUT2D eigenvalue weighted by Crippen LogP contribution is -2.29. The zero-order chi connectivity index (χ0) is 15.6. The normalized spacial score (nSPS) is 13.2. The number of rotatable bonds is 6. The molecule has 0 aliphatic rings. The fraction of sp³-hybridized carbons (Fsp3) is 0.471. The van der Waals surface area contributed by atoms with E-state index in [1.165, 1.54) is 5.56 Å². The van der Waals surface area contributed by atoms with E-state index in [1.54, 1.807) is 6.07 Å². The standard InChI is InChI=1S/C17H23NO3/c1-11(2)7-12(3)18(4)10-13-5-6-15-14(8-13)9-16(21-15)17(19)20/h5-6,8-9,11-12H,7,10H2,1-4H3,(H,19,20). The Morgan fingerprint density at radius 3 is 2.62 bits per heavy atom. The maximum Gasteiger partial charge on any atom is 0.371 e. The molecular weight excluding hydrogens is 266 g/mol. The van der Waals surface area contributed by atoms with Crippen LogP contribution in [0.1, 0.15) is 43.3 Å². The minimum atomic E-state index is -1.03. The lowest BCUT2D eigenvalue weighted by molar-refractivity contribution is 0.0665. The highest BCUT2D eigenvalue weighted by molar-refractivity contribution is 5.91. The highest BCUT2D eigenvalue weighted by Crippen LogP contribution is 2.22. The zero-order valence-corrected chi connectivity index (χ0v) is 13.1. The average molecular weight is 289 g/mol. The van der Waals surface area contributed by atoms with E-state index < -0.39 is 5.97 Å². The van der Waals surface area contributed by atoms with Crippen molar-refractivity contribution in [2.24, 2.45) is 5.92 Å². The summed E-state index contributed by atoms with van der Waals surface area (Å²) in [6.45, 7) is 7.54. The number of benzene rings is 1. The van der Waals surface area contributed by atoms with Gasteiger partial charge in [0, 0.05) is 18.0 Å². The van der Waals surface area contributed by atoms with Gasteiger partial charge in [-0.15, -0.1) is 0 Å². The van der Waals surface area contributed by atoms with E-state index in [0.29, 0.717) is 17.5 Å². The summed E-state index contributed by atoms with van der Waals surface area (Å²) in [4.78, 5) is 13.2. The average Bonchev–Trinajstić information content (AvgIpc) is 2.81. The van der Waals surface area contributed by atoms with E-state index in [-0.39, 0.29) is 5.76 Å². The first-order chi connectivity index (χ1) is 9.86. The molecule has 114 valence electrons. The summed E-state index contributed by atoms with van der Waals surface area (Å²) in [5.41, 5.74) is 1.78. The molecule has 0 saturated carbocycles. The molecule has 4 heteroatoms. The predicted molar refractivity (Wildman–Crippen MR) is 83.6 cm³/mol. The van der Waals surface area contributed by atoms with Gasteiger partial charge in [0.1, 0.15) is 5.58 Å². The topological polar surface area (TPSA) is 53.7 Å². The molecule has 21 heavy (non-hydrogen) atoms. The Morgan fingerprint density at radius 2 is 2.00 bits per heavy atom. The molecule has 1 heterocycles. The van der Waals surface area contributed by atoms with Gasteiger partial charge in [0.2, 0.25) is 5.76 Å². The van der Waals surface area contributed by atoms with Crippen LogP contribution in [0, 0.1) is 5.92 Å². The van der Waals surface area contributed by atoms with Gasteiger partial charge in [0.15, 0.2) is 0 Å². The zero-order valence-electron chi connectivity index (χ0n) is 13.1. The van der Waals surface area contributed by atoms with Crippen molar-refractivity contribution in [1.29, 1.82) is 0 Å². The van der Waals surface area contributed by atoms with Crippen molar-refractivity contribution in [1.82, 2.24) is 4.90 Å². The quantitative estimate of drug-likeness (QED) is 0.873. The van der Waals surface area contributed by atoms with Crippen LogP contribution in [0.3, 0.4) is 0 Å². The fourth-order valence-corrected chi connectivity index (χ4v) is 2.60. The monoisotopic (exact) mass is 289 g/mol. The lowest BCUT2D eigenvalue weighted by atomic mass is 10.0. The van der Waals surface area contributed by atoms with Gasteiger partial charge in [-0.05, 0) is 50.1 Å². The molecule has 0 spiro atoms. The van der Waals surface area contributed by atoms with Crippen LogP contribution in [-0.2, 0) is 6.54 Å². The second-order valence-electron chi connectivity index (χ2n) is 6.18. The van der Waals surface area contributed by atoms with Gasteiger partial charge in [-0.3, -0.25) is 4.90 Å². The van der Waals surface area contributed by atoms with Crippen molar-refractivity contribution in [3.8, 4) is 0 Å². The summed E-state index contributed by atoms with van der Waals surface area (Å²) in [5.74, 6) is -0.365. The SMILES string of the molecule is CC(C)CC(C)N(C)Cc1ccc2oc(C(=O)O)cc2c1. The molecule has 1 aromatic heterocycles. The summed E-state index contributed by atoms with van der Waals surface area (Å²) in [7, 11) is 2.12. The van der Waals surface area contributed by atoms with Crippen LogP contribution in [-0.4, -0.2) is 29.1 Å². The van der Waals surface area contributed by atoms with E-state index in [4.69, 9.17) is 9.52 Å². The van der Waals surface area contributed by atoms with Crippen molar-refractivity contribution >= 4 is 16.9 Å². The van der Waals surface area contributed by atoms with Crippen molar-refractivity contribution < 1.29 is 14.3 Å². The van der Waals surface area contributed by atoms with Crippen LogP contribution >= 0.6 is 0 Å². The van der Waals surface area contributed by atoms with Gasteiger partial charge in [0.05, 0.1) is 0 Å². The number of carboxylic acids is 1. The number of fused-ring (bicyclic) bond motifs is 1. The molecule has 1 N–H and O–H groups in total. The summed E-state index contributed by atoms with van der Waals surface area (Å²) < 4.78 is 5.28. The Hall–Kier alpha value is -1.81. The Labute approximate surface area is 125 Å². The number of furan rings is 1. The molecule has 0 bridgehead atoms. The number of hydrogen-bond donors (Lipinski definition) is 1. The van der Waals surface area contributed by atoms with Gasteiger partial charge in [-0.1, -0.05) is 19.9 Å². The molecular formula is C17H23NO3. The predicted octanol–water partition coefficient (Wildman–Crippen LogP) is 4.00. The van der Waals surface area contributed by atoms with Crippen LogP contribution in [0.2, 0.25) is 0 Å². The minimum absolute atomic E-state index is 0.0105. The van der Waals surface area contributed by atoms with Crippen LogP contribution in [0.15, 0.2) is 28.7 Å². The molecule has 1 aromatic carbocycles. The molecule has 0 amide bonds. The summed E-state index contributed by atoms with van der Waals surface area (Å²) >= 11 is 0. The first-order valence-corrected chi connectivity index (χ1v) is 7.33. The highest BCUT2D eigenvalue weighted by Gasteiger charge is 2.13. The maximum absolute atomic E-state index is 10.9. The first kappa shape index (κ1) is 15.6. The maximum atomic E-state index is 10.9. The van der Waals surface area contributed by atoms with E-state index in [2.05, 4.69) is 32.7 Å². The molecule has 4 nitrogen and oxygen atoms in total. The Balaban J connectivity index is 2.13. The lowest BCUT2D eigenvalue weighted by Gasteiger charge is -2.26. The van der Waals surface area contributed by atoms with Crippen molar-refractivity contribution in [3.05, 3.63) is 35.6 Å². The van der Waals surface area contributed by atoms with Crippen LogP contribution in [0.5, 0.6) is 0 Å². The molecule has 2 rings (SSSR count). The molecule has 1 unspecified atom stereocenters. The molecule has 0 aliphatic heterocycles. The van der Waals surface area contributed by atoms with Gasteiger partial charge in [-0.25, -0.2) is 4.79 Å². The van der Waals surface area contributed by atoms with E-state index in [0.717, 1.165) is 18.4 Å². The second kappa shape index (κ2) is 6.31. The third kappa shape index (κ3) is 3.85. The van der Waals surface area contributed by atoms with Crippen molar-refractivity contribution in [2.45, 2.75) is 39.8 Å². The first-order valence-electron chi connectivity index (χ1n) is 7.33. The minimum Gasteiger partial charge on any atom is -0.475 e. The number of aromatic carboxylic acids is 1. The molecule has 0 aliphatic carbocycles. The summed E-state index contributed by atoms with van der Waals surface area (Å²) in [6, 6.07) is 7.94. The van der Waals surface area contributed by atoms with Crippen LogP contribution in [0.25, 0.3) is 11.0 Å². The van der Waals surface area contributed by atoms with Gasteiger partial charge >= 0.3 is 5.97 Å². The highest BCUT2D eigenvalue weighted by atomic mass is 16.4. The Bertz CT molecular complexity index is 630. The fourth-order valence-electron chi connectivity index (χ4n) is 2.60. The van der Waals surface area contributed by atoms with Gasteiger partial charge < -0.3 is 9.52 Å². The van der Waals surface area contributed by atoms with Crippen molar-refractivity contribution in [3.63, 3.8) is 0 Å². The third-order valence-corrected chi connectivity index (χ3v) is 3.79. The second-order valence-corrected chi connectivity index (χ2v) is 6.18. The van der Waals surface area contributed by atoms with E-state index in [9.17, 15) is 4.79 Å². The van der Waals surface area contributed by atoms with Crippen LogP contribution < -0.4 is 0 Å².